The van der Waals surface area contributed by atoms with E-state index in [-0.39, 0.29) is 10.5 Å². The van der Waals surface area contributed by atoms with Crippen molar-refractivity contribution in [2.24, 2.45) is 28.6 Å². The quantitative estimate of drug-likeness (QED) is 0.447. The van der Waals surface area contributed by atoms with Crippen molar-refractivity contribution in [3.63, 3.8) is 0 Å². The first-order chi connectivity index (χ1) is 11.4. The normalized spacial score (nSPS) is 34.0. The van der Waals surface area contributed by atoms with E-state index in [0.717, 1.165) is 34.4 Å². The Morgan fingerprint density at radius 2 is 1.83 bits per heavy atom. The third kappa shape index (κ3) is 2.69. The van der Waals surface area contributed by atoms with Gasteiger partial charge in [-0.2, -0.15) is 5.10 Å². The predicted molar refractivity (Wildman–Crippen MR) is 100 cm³/mol. The van der Waals surface area contributed by atoms with E-state index in [1.54, 1.807) is 6.21 Å². The summed E-state index contributed by atoms with van der Waals surface area (Å²) < 4.78 is 0. The summed E-state index contributed by atoms with van der Waals surface area (Å²) in [7, 11) is 0. The molecule has 4 nitrogen and oxygen atoms in total. The molecule has 0 amide bonds. The Morgan fingerprint density at radius 1 is 1.25 bits per heavy atom. The first kappa shape index (κ1) is 15.9. The molecule has 4 bridgehead atoms. The van der Waals surface area contributed by atoms with Gasteiger partial charge in [0.1, 0.15) is 5.75 Å². The Balaban J connectivity index is 1.72. The minimum Gasteiger partial charge on any atom is -0.507 e. The first-order valence-corrected chi connectivity index (χ1v) is 9.28. The summed E-state index contributed by atoms with van der Waals surface area (Å²) in [5.74, 6) is 2.94. The van der Waals surface area contributed by atoms with Gasteiger partial charge in [-0.3, -0.25) is 5.43 Å². The molecular weight excluding hydrogens is 318 g/mol. The van der Waals surface area contributed by atoms with Crippen LogP contribution in [0.2, 0.25) is 0 Å². The molecule has 0 aromatic heterocycles. The fourth-order valence-electron chi connectivity index (χ4n) is 5.92. The van der Waals surface area contributed by atoms with Crippen LogP contribution in [0.5, 0.6) is 5.75 Å². The molecule has 128 valence electrons. The molecule has 24 heavy (non-hydrogen) atoms. The van der Waals surface area contributed by atoms with Crippen LogP contribution in [-0.2, 0) is 5.41 Å². The first-order valence-electron chi connectivity index (χ1n) is 8.88. The van der Waals surface area contributed by atoms with E-state index in [2.05, 4.69) is 23.5 Å². The molecule has 1 aromatic carbocycles. The van der Waals surface area contributed by atoms with E-state index in [1.165, 1.54) is 38.5 Å². The van der Waals surface area contributed by atoms with Gasteiger partial charge in [0.05, 0.1) is 6.21 Å². The van der Waals surface area contributed by atoms with Gasteiger partial charge in [0.15, 0.2) is 5.11 Å². The van der Waals surface area contributed by atoms with E-state index in [9.17, 15) is 5.11 Å². The second-order valence-corrected chi connectivity index (χ2v) is 8.62. The van der Waals surface area contributed by atoms with E-state index in [4.69, 9.17) is 18.0 Å². The highest BCUT2D eigenvalue weighted by molar-refractivity contribution is 7.80. The van der Waals surface area contributed by atoms with E-state index >= 15 is 0 Å². The molecule has 4 N–H and O–H groups in total. The lowest BCUT2D eigenvalue weighted by Gasteiger charge is -2.57. The number of nitrogens with zero attached hydrogens (tertiary/aromatic N) is 1. The molecule has 0 radical (unpaired) electrons. The summed E-state index contributed by atoms with van der Waals surface area (Å²) in [6.45, 7) is 2.09. The Morgan fingerprint density at radius 3 is 2.38 bits per heavy atom. The zero-order chi connectivity index (χ0) is 16.9. The molecule has 4 aliphatic carbocycles. The Kier molecular flexibility index (Phi) is 3.79. The second-order valence-electron chi connectivity index (χ2n) is 8.18. The van der Waals surface area contributed by atoms with Crippen molar-refractivity contribution in [2.75, 3.05) is 0 Å². The maximum absolute atomic E-state index is 11.0. The molecule has 5 rings (SSSR count). The SMILES string of the molecule is Cc1cc(C=NNC(N)=S)c(O)c(C23CC4CC(CC(C4)C2)C3)c1. The lowest BCUT2D eigenvalue weighted by molar-refractivity contribution is -0.00616. The third-order valence-corrected chi connectivity index (χ3v) is 6.36. The fraction of sp³-hybridized carbons (Fsp3) is 0.579. The smallest absolute Gasteiger partial charge is 0.184 e. The summed E-state index contributed by atoms with van der Waals surface area (Å²) in [6, 6.07) is 4.16. The van der Waals surface area contributed by atoms with Crippen molar-refractivity contribution >= 4 is 23.5 Å². The molecule has 0 saturated heterocycles. The van der Waals surface area contributed by atoms with E-state index in [0.29, 0.717) is 5.75 Å². The van der Waals surface area contributed by atoms with Crippen molar-refractivity contribution in [2.45, 2.75) is 50.9 Å². The summed E-state index contributed by atoms with van der Waals surface area (Å²) in [6.07, 6.45) is 9.52. The number of nitrogens with one attached hydrogen (secondary N) is 1. The molecule has 5 heteroatoms. The third-order valence-electron chi connectivity index (χ3n) is 6.27. The maximum atomic E-state index is 11.0. The number of nitrogens with two attached hydrogens (primary N) is 1. The van der Waals surface area contributed by atoms with Crippen LogP contribution >= 0.6 is 12.2 Å². The van der Waals surface area contributed by atoms with Gasteiger partial charge >= 0.3 is 0 Å². The molecule has 0 heterocycles. The Labute approximate surface area is 148 Å². The van der Waals surface area contributed by atoms with Crippen molar-refractivity contribution in [3.8, 4) is 5.75 Å². The van der Waals surface area contributed by atoms with Crippen LogP contribution in [0, 0.1) is 24.7 Å². The maximum Gasteiger partial charge on any atom is 0.184 e. The highest BCUT2D eigenvalue weighted by Crippen LogP contribution is 2.62. The van der Waals surface area contributed by atoms with Crippen LogP contribution in [0.1, 0.15) is 55.2 Å². The van der Waals surface area contributed by atoms with Crippen LogP contribution in [0.4, 0.5) is 0 Å². The van der Waals surface area contributed by atoms with Crippen molar-refractivity contribution in [1.82, 2.24) is 5.43 Å². The standard InChI is InChI=1S/C19H25N3OS/c1-11-2-15(10-21-22-18(20)24)17(23)16(3-11)19-7-12-4-13(8-19)6-14(5-12)9-19/h2-3,10,12-14,23H,4-9H2,1H3,(H3,20,22,24). The number of thiocarbonyl (C=S) groups is 1. The van der Waals surface area contributed by atoms with Crippen LogP contribution in [0.3, 0.4) is 0 Å². The molecule has 1 aromatic rings. The molecule has 4 fully saturated rings. The van der Waals surface area contributed by atoms with Gasteiger partial charge in [0.25, 0.3) is 0 Å². The van der Waals surface area contributed by atoms with Crippen LogP contribution < -0.4 is 11.2 Å². The minimum atomic E-state index is 0.125. The number of rotatable bonds is 3. The Bertz CT molecular complexity index is 678. The molecule has 0 unspecified atom stereocenters. The van der Waals surface area contributed by atoms with Gasteiger partial charge in [-0.1, -0.05) is 6.07 Å². The number of aryl methyl sites for hydroxylation is 1. The summed E-state index contributed by atoms with van der Waals surface area (Å²) in [5.41, 5.74) is 11.2. The average molecular weight is 343 g/mol. The van der Waals surface area contributed by atoms with Gasteiger partial charge in [0.2, 0.25) is 0 Å². The minimum absolute atomic E-state index is 0.125. The van der Waals surface area contributed by atoms with E-state index < -0.39 is 0 Å². The zero-order valence-electron chi connectivity index (χ0n) is 14.1. The number of phenols is 1. The number of hydrazone groups is 1. The molecular formula is C19H25N3OS. The van der Waals surface area contributed by atoms with Crippen molar-refractivity contribution in [1.29, 1.82) is 0 Å². The van der Waals surface area contributed by atoms with Crippen molar-refractivity contribution < 1.29 is 5.11 Å². The van der Waals surface area contributed by atoms with Gasteiger partial charge in [-0.05, 0) is 92.5 Å². The number of phenolic OH excluding ortho intramolecular Hbond substituents is 1. The lowest BCUT2D eigenvalue weighted by Crippen LogP contribution is -2.48. The monoisotopic (exact) mass is 343 g/mol. The van der Waals surface area contributed by atoms with Gasteiger partial charge in [-0.15, -0.1) is 0 Å². The fourth-order valence-corrected chi connectivity index (χ4v) is 5.97. The van der Waals surface area contributed by atoms with Gasteiger partial charge in [0, 0.05) is 11.1 Å². The average Bonchev–Trinajstić information content (AvgIpc) is 2.48. The molecule has 4 aliphatic rings. The van der Waals surface area contributed by atoms with Gasteiger partial charge in [-0.25, -0.2) is 0 Å². The Hall–Kier alpha value is -1.62. The summed E-state index contributed by atoms with van der Waals surface area (Å²) in [5, 5.41) is 15.1. The number of aromatic hydroxyl groups is 1. The van der Waals surface area contributed by atoms with Crippen LogP contribution in [0.15, 0.2) is 17.2 Å². The number of hydrogen-bond acceptors (Lipinski definition) is 3. The molecule has 0 atom stereocenters. The van der Waals surface area contributed by atoms with Gasteiger partial charge < -0.3 is 10.8 Å². The molecule has 4 saturated carbocycles. The molecule has 0 aliphatic heterocycles. The largest absolute Gasteiger partial charge is 0.507 e. The second kappa shape index (κ2) is 5.73. The van der Waals surface area contributed by atoms with Crippen LogP contribution in [-0.4, -0.2) is 16.4 Å². The summed E-state index contributed by atoms with van der Waals surface area (Å²) >= 11 is 4.76. The lowest BCUT2D eigenvalue weighted by atomic mass is 9.48. The topological polar surface area (TPSA) is 70.6 Å². The molecule has 0 spiro atoms. The summed E-state index contributed by atoms with van der Waals surface area (Å²) in [4.78, 5) is 0. The highest BCUT2D eigenvalue weighted by Gasteiger charge is 2.52. The number of benzene rings is 1. The zero-order valence-corrected chi connectivity index (χ0v) is 14.9. The van der Waals surface area contributed by atoms with Crippen LogP contribution in [0.25, 0.3) is 0 Å². The van der Waals surface area contributed by atoms with Crippen molar-refractivity contribution in [3.05, 3.63) is 28.8 Å². The highest BCUT2D eigenvalue weighted by atomic mass is 32.1. The number of hydrogen-bond donors (Lipinski definition) is 3. The van der Waals surface area contributed by atoms with E-state index in [1.807, 2.05) is 6.07 Å². The predicted octanol–water partition coefficient (Wildman–Crippen LogP) is 3.34.